The van der Waals surface area contributed by atoms with Gasteiger partial charge >= 0.3 is 0 Å². The number of benzene rings is 1. The van der Waals surface area contributed by atoms with Crippen LogP contribution in [0.25, 0.3) is 0 Å². The predicted molar refractivity (Wildman–Crippen MR) is 94.4 cm³/mol. The Bertz CT molecular complexity index is 558. The molecule has 0 aromatic heterocycles. The van der Waals surface area contributed by atoms with Crippen LogP contribution in [-0.2, 0) is 6.54 Å². The van der Waals surface area contributed by atoms with Gasteiger partial charge in [-0.3, -0.25) is 4.99 Å². The summed E-state index contributed by atoms with van der Waals surface area (Å²) in [4.78, 5) is 6.51. The van der Waals surface area contributed by atoms with Crippen LogP contribution in [-0.4, -0.2) is 31.0 Å². The van der Waals surface area contributed by atoms with Gasteiger partial charge in [0, 0.05) is 32.2 Å². The van der Waals surface area contributed by atoms with Crippen LogP contribution < -0.4 is 5.32 Å². The lowest BCUT2D eigenvalue weighted by Gasteiger charge is -2.38. The van der Waals surface area contributed by atoms with E-state index in [-0.39, 0.29) is 30.5 Å². The van der Waals surface area contributed by atoms with E-state index in [1.807, 2.05) is 0 Å². The number of halogens is 3. The second-order valence-corrected chi connectivity index (χ2v) is 6.16. The molecule has 6 heteroatoms. The van der Waals surface area contributed by atoms with Crippen LogP contribution in [0, 0.1) is 17.0 Å². The first-order valence-electron chi connectivity index (χ1n) is 7.51. The first-order chi connectivity index (χ1) is 10.1. The summed E-state index contributed by atoms with van der Waals surface area (Å²) in [5, 5.41) is 3.15. The van der Waals surface area contributed by atoms with Crippen LogP contribution in [0.3, 0.4) is 0 Å². The Labute approximate surface area is 147 Å². The zero-order valence-electron chi connectivity index (χ0n) is 12.7. The molecule has 1 aromatic rings. The van der Waals surface area contributed by atoms with Crippen molar-refractivity contribution in [3.63, 3.8) is 0 Å². The Kier molecular flexibility index (Phi) is 5.63. The van der Waals surface area contributed by atoms with E-state index >= 15 is 0 Å². The maximum atomic E-state index is 13.6. The van der Waals surface area contributed by atoms with Gasteiger partial charge in [-0.2, -0.15) is 0 Å². The number of guanidine groups is 1. The molecule has 1 saturated carbocycles. The van der Waals surface area contributed by atoms with Gasteiger partial charge in [-0.1, -0.05) is 6.42 Å². The minimum atomic E-state index is -0.419. The third-order valence-electron chi connectivity index (χ3n) is 4.81. The molecule has 1 spiro atoms. The largest absolute Gasteiger partial charge is 0.352 e. The van der Waals surface area contributed by atoms with Gasteiger partial charge in [-0.05, 0) is 42.9 Å². The quantitative estimate of drug-likeness (QED) is 0.450. The molecule has 0 unspecified atom stereocenters. The van der Waals surface area contributed by atoms with Gasteiger partial charge in [0.2, 0.25) is 0 Å². The molecule has 0 radical (unpaired) electrons. The second kappa shape index (κ2) is 7.10. The lowest BCUT2D eigenvalue weighted by Crippen LogP contribution is -2.42. The molecule has 1 heterocycles. The molecule has 2 fully saturated rings. The topological polar surface area (TPSA) is 27.6 Å². The lowest BCUT2D eigenvalue weighted by atomic mass is 9.68. The van der Waals surface area contributed by atoms with Crippen LogP contribution in [0.1, 0.15) is 31.2 Å². The third-order valence-corrected chi connectivity index (χ3v) is 4.81. The highest BCUT2D eigenvalue weighted by Gasteiger charge is 2.43. The monoisotopic (exact) mass is 421 g/mol. The normalized spacial score (nSPS) is 19.8. The van der Waals surface area contributed by atoms with Crippen molar-refractivity contribution >= 4 is 29.9 Å². The van der Waals surface area contributed by atoms with E-state index in [9.17, 15) is 8.78 Å². The zero-order valence-corrected chi connectivity index (χ0v) is 15.1. The Morgan fingerprint density at radius 3 is 2.68 bits per heavy atom. The van der Waals surface area contributed by atoms with Crippen LogP contribution in [0.5, 0.6) is 0 Å². The average molecular weight is 421 g/mol. The van der Waals surface area contributed by atoms with E-state index in [1.54, 1.807) is 7.05 Å². The summed E-state index contributed by atoms with van der Waals surface area (Å²) in [6.45, 7) is 2.27. The molecule has 1 aromatic carbocycles. The van der Waals surface area contributed by atoms with E-state index in [1.165, 1.54) is 31.7 Å². The predicted octanol–water partition coefficient (Wildman–Crippen LogP) is 3.53. The van der Waals surface area contributed by atoms with E-state index in [2.05, 4.69) is 15.2 Å². The smallest absolute Gasteiger partial charge is 0.193 e. The summed E-state index contributed by atoms with van der Waals surface area (Å²) in [6, 6.07) is 3.52. The third kappa shape index (κ3) is 3.52. The molecule has 2 aliphatic rings. The van der Waals surface area contributed by atoms with Crippen molar-refractivity contribution in [2.75, 3.05) is 20.1 Å². The van der Waals surface area contributed by atoms with Crippen molar-refractivity contribution in [3.8, 4) is 0 Å². The number of nitrogens with zero attached hydrogens (tertiary/aromatic N) is 2. The fraction of sp³-hybridized carbons (Fsp3) is 0.562. The summed E-state index contributed by atoms with van der Waals surface area (Å²) < 4.78 is 26.8. The summed E-state index contributed by atoms with van der Waals surface area (Å²) in [5.74, 6) is -0.0311. The van der Waals surface area contributed by atoms with Gasteiger partial charge in [-0.25, -0.2) is 8.78 Å². The average Bonchev–Trinajstić information content (AvgIpc) is 2.89. The highest BCUT2D eigenvalue weighted by atomic mass is 127. The number of aliphatic imine (C=N–C) groups is 1. The zero-order chi connectivity index (χ0) is 14.9. The van der Waals surface area contributed by atoms with Gasteiger partial charge in [0.1, 0.15) is 11.6 Å². The molecule has 1 aliphatic carbocycles. The molecule has 122 valence electrons. The molecule has 0 bridgehead atoms. The number of hydrogen-bond donors (Lipinski definition) is 1. The van der Waals surface area contributed by atoms with Gasteiger partial charge in [0.25, 0.3) is 0 Å². The molecular weight excluding hydrogens is 399 g/mol. The Morgan fingerprint density at radius 2 is 2.09 bits per heavy atom. The SMILES string of the molecule is CN=C(NCc1cc(F)ccc1F)N1CCC2(CCC2)C1.I. The summed E-state index contributed by atoms with van der Waals surface area (Å²) >= 11 is 0. The van der Waals surface area contributed by atoms with Gasteiger partial charge in [0.05, 0.1) is 0 Å². The van der Waals surface area contributed by atoms with Crippen molar-refractivity contribution in [3.05, 3.63) is 35.4 Å². The summed E-state index contributed by atoms with van der Waals surface area (Å²) in [6.07, 6.45) is 5.15. The van der Waals surface area contributed by atoms with Crippen LogP contribution >= 0.6 is 24.0 Å². The molecule has 3 nitrogen and oxygen atoms in total. The molecule has 1 aliphatic heterocycles. The van der Waals surface area contributed by atoms with E-state index in [0.29, 0.717) is 11.0 Å². The standard InChI is InChI=1S/C16H21F2N3.HI/c1-19-15(21-8-7-16(11-21)5-2-6-16)20-10-12-9-13(17)3-4-14(12)18;/h3-4,9H,2,5-8,10-11H2,1H3,(H,19,20);1H. The van der Waals surface area contributed by atoms with Gasteiger partial charge in [-0.15, -0.1) is 24.0 Å². The minimum absolute atomic E-state index is 0. The van der Waals surface area contributed by atoms with E-state index < -0.39 is 11.6 Å². The molecular formula is C16H22F2IN3. The highest BCUT2D eigenvalue weighted by molar-refractivity contribution is 14.0. The first kappa shape index (κ1) is 17.4. The molecule has 0 atom stereocenters. The fourth-order valence-corrected chi connectivity index (χ4v) is 3.39. The van der Waals surface area contributed by atoms with Gasteiger partial charge in [0.15, 0.2) is 5.96 Å². The van der Waals surface area contributed by atoms with Crippen molar-refractivity contribution in [2.24, 2.45) is 10.4 Å². The maximum absolute atomic E-state index is 13.6. The van der Waals surface area contributed by atoms with Crippen LogP contribution in [0.2, 0.25) is 0 Å². The van der Waals surface area contributed by atoms with Crippen LogP contribution in [0.15, 0.2) is 23.2 Å². The summed E-state index contributed by atoms with van der Waals surface area (Å²) in [7, 11) is 1.73. The van der Waals surface area contributed by atoms with Crippen LogP contribution in [0.4, 0.5) is 8.78 Å². The van der Waals surface area contributed by atoms with E-state index in [0.717, 1.165) is 31.2 Å². The molecule has 1 saturated heterocycles. The van der Waals surface area contributed by atoms with Gasteiger partial charge < -0.3 is 10.2 Å². The fourth-order valence-electron chi connectivity index (χ4n) is 3.39. The first-order valence-corrected chi connectivity index (χ1v) is 7.51. The number of hydrogen-bond acceptors (Lipinski definition) is 1. The highest BCUT2D eigenvalue weighted by Crippen LogP contribution is 2.47. The van der Waals surface area contributed by atoms with Crippen molar-refractivity contribution in [1.82, 2.24) is 10.2 Å². The van der Waals surface area contributed by atoms with Crippen molar-refractivity contribution in [1.29, 1.82) is 0 Å². The van der Waals surface area contributed by atoms with Crippen molar-refractivity contribution in [2.45, 2.75) is 32.2 Å². The van der Waals surface area contributed by atoms with Crippen molar-refractivity contribution < 1.29 is 8.78 Å². The summed E-state index contributed by atoms with van der Waals surface area (Å²) in [5.41, 5.74) is 0.815. The molecule has 1 N–H and O–H groups in total. The Hall–Kier alpha value is -0.920. The Morgan fingerprint density at radius 1 is 1.32 bits per heavy atom. The van der Waals surface area contributed by atoms with E-state index in [4.69, 9.17) is 0 Å². The number of likely N-dealkylation sites (tertiary alicyclic amines) is 1. The number of rotatable bonds is 2. The Balaban J connectivity index is 0.00000176. The lowest BCUT2D eigenvalue weighted by molar-refractivity contribution is 0.151. The molecule has 22 heavy (non-hydrogen) atoms. The number of nitrogens with one attached hydrogen (secondary N) is 1. The maximum Gasteiger partial charge on any atom is 0.193 e. The second-order valence-electron chi connectivity index (χ2n) is 6.16. The molecule has 0 amide bonds. The minimum Gasteiger partial charge on any atom is -0.352 e. The molecule has 3 rings (SSSR count).